The maximum absolute atomic E-state index is 10.7. The molecule has 0 bridgehead atoms. The summed E-state index contributed by atoms with van der Waals surface area (Å²) in [5.41, 5.74) is 0.748. The first-order valence-corrected chi connectivity index (χ1v) is 8.56. The lowest BCUT2D eigenvalue weighted by Gasteiger charge is -2.03. The first kappa shape index (κ1) is 16.9. The van der Waals surface area contributed by atoms with Crippen LogP contribution in [0.25, 0.3) is 6.08 Å². The minimum Gasteiger partial charge on any atom is -0.442 e. The van der Waals surface area contributed by atoms with E-state index in [4.69, 9.17) is 8.97 Å². The second kappa shape index (κ2) is 7.59. The van der Waals surface area contributed by atoms with Crippen LogP contribution in [0.3, 0.4) is 0 Å². The molecule has 1 aromatic heterocycles. The summed E-state index contributed by atoms with van der Waals surface area (Å²) < 4.78 is 35.5. The van der Waals surface area contributed by atoms with Crippen LogP contribution in [0.5, 0.6) is 0 Å². The molecule has 1 heterocycles. The van der Waals surface area contributed by atoms with Crippen molar-refractivity contribution in [3.63, 3.8) is 0 Å². The normalized spacial score (nSPS) is 12.7. The molecular weight excluding hydrogens is 278 g/mol. The lowest BCUT2D eigenvalue weighted by atomic mass is 10.0. The minimum absolute atomic E-state index is 0.252. The molecule has 0 saturated carbocycles. The summed E-state index contributed by atoms with van der Waals surface area (Å²) in [4.78, 5) is 4.34. The lowest BCUT2D eigenvalue weighted by Crippen LogP contribution is -2.05. The third-order valence-electron chi connectivity index (χ3n) is 3.28. The Morgan fingerprint density at radius 3 is 2.55 bits per heavy atom. The molecule has 20 heavy (non-hydrogen) atoms. The summed E-state index contributed by atoms with van der Waals surface area (Å²) >= 11 is 0. The van der Waals surface area contributed by atoms with Gasteiger partial charge in [-0.3, -0.25) is 4.55 Å². The van der Waals surface area contributed by atoms with E-state index in [0.29, 0.717) is 30.4 Å². The van der Waals surface area contributed by atoms with Crippen molar-refractivity contribution in [2.75, 3.05) is 5.75 Å². The third kappa shape index (κ3) is 5.88. The highest BCUT2D eigenvalue weighted by Crippen LogP contribution is 2.16. The number of hydrogen-bond acceptors (Lipinski definition) is 4. The molecule has 114 valence electrons. The van der Waals surface area contributed by atoms with E-state index in [2.05, 4.69) is 24.9 Å². The monoisotopic (exact) mass is 301 g/mol. The zero-order valence-electron chi connectivity index (χ0n) is 12.3. The van der Waals surface area contributed by atoms with Crippen LogP contribution in [0.15, 0.2) is 10.5 Å². The van der Waals surface area contributed by atoms with Gasteiger partial charge < -0.3 is 4.42 Å². The molecule has 0 aliphatic heterocycles. The van der Waals surface area contributed by atoms with E-state index in [9.17, 15) is 8.42 Å². The second-order valence-electron chi connectivity index (χ2n) is 4.88. The van der Waals surface area contributed by atoms with Gasteiger partial charge in [0.2, 0.25) is 5.89 Å². The standard InChI is InChI=1S/C14H23NO4S/c1-4-12(5-2)8-9-14-15-13(11(3)19-14)7-6-10-20(16,17)18/h8-9,12H,4-7,10H2,1-3H3,(H,16,17,18)/b9-8+. The highest BCUT2D eigenvalue weighted by molar-refractivity contribution is 7.85. The van der Waals surface area contributed by atoms with Crippen molar-refractivity contribution < 1.29 is 17.4 Å². The van der Waals surface area contributed by atoms with Gasteiger partial charge in [-0.1, -0.05) is 19.9 Å². The van der Waals surface area contributed by atoms with E-state index in [-0.39, 0.29) is 5.75 Å². The Morgan fingerprint density at radius 1 is 1.35 bits per heavy atom. The number of aryl methyl sites for hydroxylation is 2. The number of aromatic nitrogens is 1. The summed E-state index contributed by atoms with van der Waals surface area (Å²) in [6, 6.07) is 0. The SMILES string of the molecule is CCC(/C=C/c1nc(CCCS(=O)(=O)O)c(C)o1)CC. The van der Waals surface area contributed by atoms with Crippen molar-refractivity contribution >= 4 is 16.2 Å². The van der Waals surface area contributed by atoms with Gasteiger partial charge in [-0.05, 0) is 44.6 Å². The molecule has 0 amide bonds. The maximum Gasteiger partial charge on any atom is 0.264 e. The Bertz CT molecular complexity index is 542. The van der Waals surface area contributed by atoms with Gasteiger partial charge in [-0.25, -0.2) is 4.98 Å². The van der Waals surface area contributed by atoms with E-state index in [1.165, 1.54) is 0 Å². The molecule has 6 heteroatoms. The highest BCUT2D eigenvalue weighted by atomic mass is 32.2. The predicted octanol–water partition coefficient (Wildman–Crippen LogP) is 3.25. The smallest absolute Gasteiger partial charge is 0.264 e. The summed E-state index contributed by atoms with van der Waals surface area (Å²) in [7, 11) is -3.90. The average molecular weight is 301 g/mol. The third-order valence-corrected chi connectivity index (χ3v) is 4.09. The van der Waals surface area contributed by atoms with Gasteiger partial charge in [-0.15, -0.1) is 0 Å². The molecular formula is C14H23NO4S. The molecule has 0 radical (unpaired) electrons. The van der Waals surface area contributed by atoms with Crippen LogP contribution in [0, 0.1) is 12.8 Å². The molecule has 0 aliphatic rings. The van der Waals surface area contributed by atoms with Gasteiger partial charge >= 0.3 is 0 Å². The first-order chi connectivity index (χ1) is 9.35. The molecule has 0 aliphatic carbocycles. The van der Waals surface area contributed by atoms with Crippen molar-refractivity contribution in [1.29, 1.82) is 0 Å². The molecule has 0 aromatic carbocycles. The van der Waals surface area contributed by atoms with Gasteiger partial charge in [0.05, 0.1) is 11.4 Å². The number of nitrogens with zero attached hydrogens (tertiary/aromatic N) is 1. The topological polar surface area (TPSA) is 80.4 Å². The Morgan fingerprint density at radius 2 is 2.00 bits per heavy atom. The molecule has 0 fully saturated rings. The van der Waals surface area contributed by atoms with E-state index >= 15 is 0 Å². The predicted molar refractivity (Wildman–Crippen MR) is 79.1 cm³/mol. The fourth-order valence-corrected chi connectivity index (χ4v) is 2.46. The summed E-state index contributed by atoms with van der Waals surface area (Å²) in [5.74, 6) is 1.52. The largest absolute Gasteiger partial charge is 0.442 e. The second-order valence-corrected chi connectivity index (χ2v) is 6.45. The van der Waals surface area contributed by atoms with Crippen LogP contribution < -0.4 is 0 Å². The Hall–Kier alpha value is -1.14. The fraction of sp³-hybridized carbons (Fsp3) is 0.643. The number of hydrogen-bond donors (Lipinski definition) is 1. The van der Waals surface area contributed by atoms with Crippen molar-refractivity contribution in [3.8, 4) is 0 Å². The van der Waals surface area contributed by atoms with Gasteiger partial charge in [0.25, 0.3) is 10.1 Å². The van der Waals surface area contributed by atoms with Crippen molar-refractivity contribution in [1.82, 2.24) is 4.98 Å². The first-order valence-electron chi connectivity index (χ1n) is 6.95. The van der Waals surface area contributed by atoms with Gasteiger partial charge in [0, 0.05) is 0 Å². The fourth-order valence-electron chi connectivity index (χ4n) is 1.95. The van der Waals surface area contributed by atoms with Crippen LogP contribution in [-0.4, -0.2) is 23.7 Å². The molecule has 1 rings (SSSR count). The average Bonchev–Trinajstić information content (AvgIpc) is 2.70. The molecule has 0 spiro atoms. The molecule has 0 atom stereocenters. The van der Waals surface area contributed by atoms with Crippen molar-refractivity contribution in [2.24, 2.45) is 5.92 Å². The minimum atomic E-state index is -3.90. The van der Waals surface area contributed by atoms with E-state index in [1.54, 1.807) is 0 Å². The zero-order chi connectivity index (χ0) is 15.2. The number of oxazole rings is 1. The van der Waals surface area contributed by atoms with Gasteiger partial charge in [-0.2, -0.15) is 8.42 Å². The highest BCUT2D eigenvalue weighted by Gasteiger charge is 2.10. The van der Waals surface area contributed by atoms with Crippen LogP contribution >= 0.6 is 0 Å². The summed E-state index contributed by atoms with van der Waals surface area (Å²) in [6.07, 6.45) is 6.93. The van der Waals surface area contributed by atoms with E-state index in [1.807, 2.05) is 13.0 Å². The maximum atomic E-state index is 10.7. The Kier molecular flexibility index (Phi) is 6.42. The van der Waals surface area contributed by atoms with E-state index < -0.39 is 10.1 Å². The molecule has 0 saturated heterocycles. The number of rotatable bonds is 8. The molecule has 5 nitrogen and oxygen atoms in total. The summed E-state index contributed by atoms with van der Waals surface area (Å²) in [6.45, 7) is 6.09. The van der Waals surface area contributed by atoms with Crippen LogP contribution in [0.1, 0.15) is 50.5 Å². The van der Waals surface area contributed by atoms with Crippen LogP contribution in [0.4, 0.5) is 0 Å². The lowest BCUT2D eigenvalue weighted by molar-refractivity contribution is 0.480. The Balaban J connectivity index is 2.63. The summed E-state index contributed by atoms with van der Waals surface area (Å²) in [5, 5.41) is 0. The molecule has 0 unspecified atom stereocenters. The zero-order valence-corrected chi connectivity index (χ0v) is 13.1. The van der Waals surface area contributed by atoms with Crippen molar-refractivity contribution in [3.05, 3.63) is 23.4 Å². The quantitative estimate of drug-likeness (QED) is 0.745. The number of allylic oxidation sites excluding steroid dienone is 1. The van der Waals surface area contributed by atoms with Crippen LogP contribution in [-0.2, 0) is 16.5 Å². The molecule has 1 aromatic rings. The van der Waals surface area contributed by atoms with E-state index in [0.717, 1.165) is 18.5 Å². The van der Waals surface area contributed by atoms with Gasteiger partial charge in [0.1, 0.15) is 5.76 Å². The Labute approximate surface area is 120 Å². The van der Waals surface area contributed by atoms with Crippen molar-refractivity contribution in [2.45, 2.75) is 46.5 Å². The van der Waals surface area contributed by atoms with Crippen LogP contribution in [0.2, 0.25) is 0 Å². The molecule has 1 N–H and O–H groups in total. The van der Waals surface area contributed by atoms with Gasteiger partial charge in [0.15, 0.2) is 0 Å².